The predicted molar refractivity (Wildman–Crippen MR) is 65.0 cm³/mol. The number of aromatic carboxylic acids is 1. The lowest BCUT2D eigenvalue weighted by atomic mass is 10.3. The predicted octanol–water partition coefficient (Wildman–Crippen LogP) is 0.236. The molecule has 1 aromatic heterocycles. The van der Waals surface area contributed by atoms with E-state index in [2.05, 4.69) is 15.6 Å². The van der Waals surface area contributed by atoms with Crippen LogP contribution in [-0.4, -0.2) is 40.5 Å². The Balaban J connectivity index is 2.88. The summed E-state index contributed by atoms with van der Waals surface area (Å²) in [5.41, 5.74) is -0.657. The van der Waals surface area contributed by atoms with Gasteiger partial charge < -0.3 is 15.7 Å². The number of carbonyl (C=O) groups is 2. The Morgan fingerprint density at radius 1 is 1.47 bits per heavy atom. The van der Waals surface area contributed by atoms with Gasteiger partial charge in [-0.25, -0.2) is 9.78 Å². The van der Waals surface area contributed by atoms with Gasteiger partial charge in [0, 0.05) is 26.1 Å². The van der Waals surface area contributed by atoms with E-state index in [0.717, 1.165) is 12.1 Å². The van der Waals surface area contributed by atoms with Gasteiger partial charge in [0.1, 0.15) is 0 Å². The van der Waals surface area contributed by atoms with Crippen LogP contribution in [0.15, 0.2) is 12.1 Å². The maximum absolute atomic E-state index is 11.0. The Bertz CT molecular complexity index is 517. The molecule has 1 aromatic rings. The molecule has 9 heteroatoms. The molecule has 0 bridgehead atoms. The van der Waals surface area contributed by atoms with Crippen molar-refractivity contribution in [1.29, 1.82) is 0 Å². The molecule has 0 radical (unpaired) electrons. The quantitative estimate of drug-likeness (QED) is 0.496. The van der Waals surface area contributed by atoms with Crippen LogP contribution < -0.4 is 10.6 Å². The third kappa shape index (κ3) is 3.91. The van der Waals surface area contributed by atoms with E-state index >= 15 is 0 Å². The van der Waals surface area contributed by atoms with E-state index in [9.17, 15) is 19.7 Å². The minimum absolute atomic E-state index is 0.0899. The fourth-order valence-corrected chi connectivity index (χ4v) is 1.27. The van der Waals surface area contributed by atoms with Crippen molar-refractivity contribution in [2.75, 3.05) is 18.9 Å². The fourth-order valence-electron chi connectivity index (χ4n) is 1.27. The molecule has 1 rings (SSSR count). The highest BCUT2D eigenvalue weighted by Crippen LogP contribution is 2.21. The number of nitrogens with one attached hydrogen (secondary N) is 2. The van der Waals surface area contributed by atoms with Gasteiger partial charge in [0.2, 0.25) is 11.7 Å². The Morgan fingerprint density at radius 2 is 2.16 bits per heavy atom. The van der Waals surface area contributed by atoms with Crippen molar-refractivity contribution in [3.63, 3.8) is 0 Å². The van der Waals surface area contributed by atoms with Crippen LogP contribution in [0.4, 0.5) is 11.5 Å². The summed E-state index contributed by atoms with van der Waals surface area (Å²) in [5, 5.41) is 24.5. The van der Waals surface area contributed by atoms with Crippen LogP contribution in [0.1, 0.15) is 16.9 Å². The lowest BCUT2D eigenvalue weighted by Gasteiger charge is -2.06. The first kappa shape index (κ1) is 14.4. The molecule has 0 atom stereocenters. The van der Waals surface area contributed by atoms with Crippen LogP contribution >= 0.6 is 0 Å². The molecule has 0 spiro atoms. The van der Waals surface area contributed by atoms with E-state index < -0.39 is 10.9 Å². The molecular formula is C10H12N4O5. The zero-order chi connectivity index (χ0) is 14.4. The molecule has 9 nitrogen and oxygen atoms in total. The van der Waals surface area contributed by atoms with Crippen molar-refractivity contribution in [3.05, 3.63) is 27.9 Å². The minimum Gasteiger partial charge on any atom is -0.477 e. The molecule has 0 aromatic carbocycles. The van der Waals surface area contributed by atoms with E-state index in [1.54, 1.807) is 0 Å². The number of nitro groups is 1. The van der Waals surface area contributed by atoms with Gasteiger partial charge in [-0.1, -0.05) is 0 Å². The molecule has 1 amide bonds. The summed E-state index contributed by atoms with van der Waals surface area (Å²) in [6, 6.07) is 2.10. The van der Waals surface area contributed by atoms with Crippen molar-refractivity contribution in [2.45, 2.75) is 6.42 Å². The van der Waals surface area contributed by atoms with E-state index in [0.29, 0.717) is 0 Å². The van der Waals surface area contributed by atoms with Gasteiger partial charge >= 0.3 is 11.7 Å². The fraction of sp³-hybridized carbons (Fsp3) is 0.300. The first-order chi connectivity index (χ1) is 8.95. The molecule has 1 heterocycles. The van der Waals surface area contributed by atoms with Crippen LogP contribution in [0.25, 0.3) is 0 Å². The summed E-state index contributed by atoms with van der Waals surface area (Å²) in [5.74, 6) is -1.71. The summed E-state index contributed by atoms with van der Waals surface area (Å²) in [6.45, 7) is 0.108. The van der Waals surface area contributed by atoms with Crippen LogP contribution in [0.3, 0.4) is 0 Å². The summed E-state index contributed by atoms with van der Waals surface area (Å²) in [7, 11) is 1.47. The Morgan fingerprint density at radius 3 is 2.68 bits per heavy atom. The molecule has 0 aliphatic carbocycles. The number of hydrogen-bond acceptors (Lipinski definition) is 6. The number of amides is 1. The number of carbonyl (C=O) groups excluding carboxylic acids is 1. The highest BCUT2D eigenvalue weighted by atomic mass is 16.6. The third-order valence-electron chi connectivity index (χ3n) is 2.21. The summed E-state index contributed by atoms with van der Waals surface area (Å²) < 4.78 is 0. The van der Waals surface area contributed by atoms with E-state index in [4.69, 9.17) is 5.11 Å². The van der Waals surface area contributed by atoms with Gasteiger partial charge in [-0.3, -0.25) is 14.9 Å². The average Bonchev–Trinajstić information content (AvgIpc) is 2.37. The van der Waals surface area contributed by atoms with Crippen LogP contribution in [0.2, 0.25) is 0 Å². The van der Waals surface area contributed by atoms with E-state index in [-0.39, 0.29) is 36.1 Å². The lowest BCUT2D eigenvalue weighted by molar-refractivity contribution is -0.384. The van der Waals surface area contributed by atoms with Crippen molar-refractivity contribution >= 4 is 23.4 Å². The van der Waals surface area contributed by atoms with Crippen molar-refractivity contribution in [3.8, 4) is 0 Å². The molecule has 0 unspecified atom stereocenters. The van der Waals surface area contributed by atoms with Gasteiger partial charge in [-0.15, -0.1) is 0 Å². The molecule has 3 N–H and O–H groups in total. The second kappa shape index (κ2) is 6.28. The van der Waals surface area contributed by atoms with Crippen LogP contribution in [0.5, 0.6) is 0 Å². The van der Waals surface area contributed by atoms with Crippen molar-refractivity contribution in [2.24, 2.45) is 0 Å². The summed E-state index contributed by atoms with van der Waals surface area (Å²) in [6.07, 6.45) is 0.0899. The Kier molecular flexibility index (Phi) is 4.75. The maximum atomic E-state index is 11.0. The Hall–Kier alpha value is -2.71. The maximum Gasteiger partial charge on any atom is 0.354 e. The normalized spacial score (nSPS) is 9.74. The molecule has 0 aliphatic rings. The average molecular weight is 268 g/mol. The monoisotopic (exact) mass is 268 g/mol. The highest BCUT2D eigenvalue weighted by Gasteiger charge is 2.18. The second-order valence-corrected chi connectivity index (χ2v) is 3.48. The largest absolute Gasteiger partial charge is 0.477 e. The SMILES string of the molecule is CNC(=O)CCNc1nc(C(=O)O)ccc1[N+](=O)[O-]. The van der Waals surface area contributed by atoms with Gasteiger partial charge in [0.05, 0.1) is 4.92 Å². The number of hydrogen-bond donors (Lipinski definition) is 3. The number of anilines is 1. The number of rotatable bonds is 6. The second-order valence-electron chi connectivity index (χ2n) is 3.48. The van der Waals surface area contributed by atoms with Gasteiger partial charge in [-0.2, -0.15) is 0 Å². The molecular weight excluding hydrogens is 256 g/mol. The van der Waals surface area contributed by atoms with E-state index in [1.807, 2.05) is 0 Å². The zero-order valence-electron chi connectivity index (χ0n) is 10.0. The molecule has 0 aliphatic heterocycles. The van der Waals surface area contributed by atoms with Crippen molar-refractivity contribution in [1.82, 2.24) is 10.3 Å². The zero-order valence-corrected chi connectivity index (χ0v) is 10.0. The Labute approximate surface area is 107 Å². The van der Waals surface area contributed by atoms with Gasteiger partial charge in [-0.05, 0) is 6.07 Å². The van der Waals surface area contributed by atoms with Gasteiger partial charge in [0.15, 0.2) is 5.69 Å². The molecule has 0 saturated carbocycles. The third-order valence-corrected chi connectivity index (χ3v) is 2.21. The summed E-state index contributed by atoms with van der Waals surface area (Å²) >= 11 is 0. The standard InChI is InChI=1S/C10H12N4O5/c1-11-8(15)4-5-12-9-7(14(18)19)3-2-6(13-9)10(16)17/h2-3H,4-5H2,1H3,(H,11,15)(H,12,13)(H,16,17). The van der Waals surface area contributed by atoms with Crippen LogP contribution in [-0.2, 0) is 4.79 Å². The number of aromatic nitrogens is 1. The minimum atomic E-state index is -1.29. The number of carboxylic acid groups (broad SMARTS) is 1. The molecule has 0 saturated heterocycles. The number of nitrogens with zero attached hydrogens (tertiary/aromatic N) is 2. The first-order valence-electron chi connectivity index (χ1n) is 5.29. The topological polar surface area (TPSA) is 134 Å². The number of pyridine rings is 1. The number of carboxylic acids is 1. The molecule has 0 fully saturated rings. The molecule has 102 valence electrons. The van der Waals surface area contributed by atoms with Crippen LogP contribution in [0, 0.1) is 10.1 Å². The van der Waals surface area contributed by atoms with E-state index in [1.165, 1.54) is 7.05 Å². The van der Waals surface area contributed by atoms with Gasteiger partial charge in [0.25, 0.3) is 0 Å². The highest BCUT2D eigenvalue weighted by molar-refractivity contribution is 5.86. The first-order valence-corrected chi connectivity index (χ1v) is 5.29. The summed E-state index contributed by atoms with van der Waals surface area (Å²) in [4.78, 5) is 35.4. The molecule has 19 heavy (non-hydrogen) atoms. The van der Waals surface area contributed by atoms with Crippen molar-refractivity contribution < 1.29 is 19.6 Å². The lowest BCUT2D eigenvalue weighted by Crippen LogP contribution is -2.21. The smallest absolute Gasteiger partial charge is 0.354 e.